The van der Waals surface area contributed by atoms with Gasteiger partial charge in [-0.15, -0.1) is 0 Å². The number of sulfonamides is 1. The zero-order chi connectivity index (χ0) is 13.5. The third kappa shape index (κ3) is 2.32. The smallest absolute Gasteiger partial charge is 0.244 e. The Bertz CT molecular complexity index is 551. The largest absolute Gasteiger partial charge is 0.382 e. The second-order valence-corrected chi connectivity index (χ2v) is 7.16. The Hall–Kier alpha value is -0.850. The number of nitrogens with zero attached hydrogens (tertiary/aromatic N) is 2. The van der Waals surface area contributed by atoms with Gasteiger partial charge in [0.15, 0.2) is 0 Å². The number of halogens is 1. The van der Waals surface area contributed by atoms with E-state index in [-0.39, 0.29) is 15.7 Å². The van der Waals surface area contributed by atoms with E-state index < -0.39 is 10.0 Å². The molecule has 0 radical (unpaired) electrons. The standard InChI is InChI=1S/C11H16ClN3O2S/c1-7-5-15(6-8(7)2)18(16,17)9-3-10(12)11(13)14-4-9/h3-4,7-8H,5-6H2,1-2H3,(H2,13,14). The van der Waals surface area contributed by atoms with Gasteiger partial charge >= 0.3 is 0 Å². The molecule has 1 aliphatic rings. The van der Waals surface area contributed by atoms with Crippen LogP contribution >= 0.6 is 11.6 Å². The third-order valence-corrected chi connectivity index (χ3v) is 5.54. The molecule has 1 saturated heterocycles. The lowest BCUT2D eigenvalue weighted by atomic mass is 10.0. The molecule has 7 heteroatoms. The normalized spacial score (nSPS) is 25.5. The maximum atomic E-state index is 12.4. The van der Waals surface area contributed by atoms with E-state index in [0.717, 1.165) is 0 Å². The summed E-state index contributed by atoms with van der Waals surface area (Å²) < 4.78 is 26.2. The van der Waals surface area contributed by atoms with Gasteiger partial charge in [0.25, 0.3) is 0 Å². The lowest BCUT2D eigenvalue weighted by Crippen LogP contribution is -2.29. The van der Waals surface area contributed by atoms with Gasteiger partial charge in [-0.25, -0.2) is 13.4 Å². The second-order valence-electron chi connectivity index (χ2n) is 4.81. The number of rotatable bonds is 2. The van der Waals surface area contributed by atoms with Gasteiger partial charge in [0.2, 0.25) is 10.0 Å². The Balaban J connectivity index is 2.34. The predicted molar refractivity (Wildman–Crippen MR) is 70.7 cm³/mol. The minimum atomic E-state index is -3.51. The molecule has 1 aromatic heterocycles. The van der Waals surface area contributed by atoms with E-state index in [1.54, 1.807) is 0 Å². The van der Waals surface area contributed by atoms with Crippen LogP contribution in [-0.4, -0.2) is 30.8 Å². The minimum Gasteiger partial charge on any atom is -0.382 e. The van der Waals surface area contributed by atoms with Gasteiger partial charge in [0.1, 0.15) is 10.7 Å². The number of nitrogens with two attached hydrogens (primary N) is 1. The van der Waals surface area contributed by atoms with Crippen molar-refractivity contribution in [1.29, 1.82) is 0 Å². The fourth-order valence-corrected chi connectivity index (χ4v) is 3.84. The Labute approximate surface area is 112 Å². The highest BCUT2D eigenvalue weighted by molar-refractivity contribution is 7.89. The molecule has 5 nitrogen and oxygen atoms in total. The van der Waals surface area contributed by atoms with Crippen molar-refractivity contribution >= 4 is 27.4 Å². The molecule has 1 aromatic rings. The van der Waals surface area contributed by atoms with Crippen LogP contribution in [0.5, 0.6) is 0 Å². The summed E-state index contributed by atoms with van der Waals surface area (Å²) in [4.78, 5) is 3.89. The topological polar surface area (TPSA) is 76.3 Å². The first-order valence-electron chi connectivity index (χ1n) is 5.73. The molecule has 2 heterocycles. The molecule has 1 fully saturated rings. The molecule has 18 heavy (non-hydrogen) atoms. The highest BCUT2D eigenvalue weighted by Gasteiger charge is 2.35. The second kappa shape index (κ2) is 4.68. The molecular formula is C11H16ClN3O2S. The van der Waals surface area contributed by atoms with E-state index in [2.05, 4.69) is 4.98 Å². The molecule has 2 unspecified atom stereocenters. The number of hydrogen-bond acceptors (Lipinski definition) is 4. The van der Waals surface area contributed by atoms with Crippen LogP contribution in [0.1, 0.15) is 13.8 Å². The van der Waals surface area contributed by atoms with Crippen LogP contribution in [0.4, 0.5) is 5.82 Å². The van der Waals surface area contributed by atoms with Crippen molar-refractivity contribution in [2.45, 2.75) is 18.7 Å². The van der Waals surface area contributed by atoms with Crippen LogP contribution in [0, 0.1) is 11.8 Å². The number of hydrogen-bond donors (Lipinski definition) is 1. The first-order chi connectivity index (χ1) is 8.32. The molecule has 0 bridgehead atoms. The number of aromatic nitrogens is 1. The molecule has 2 atom stereocenters. The highest BCUT2D eigenvalue weighted by Crippen LogP contribution is 2.29. The summed E-state index contributed by atoms with van der Waals surface area (Å²) in [6.07, 6.45) is 1.25. The van der Waals surface area contributed by atoms with Gasteiger partial charge in [-0.1, -0.05) is 25.4 Å². The predicted octanol–water partition coefficient (Wildman–Crippen LogP) is 1.59. The Morgan fingerprint density at radius 3 is 2.44 bits per heavy atom. The molecule has 0 saturated carbocycles. The molecule has 2 rings (SSSR count). The lowest BCUT2D eigenvalue weighted by molar-refractivity contribution is 0.463. The first-order valence-corrected chi connectivity index (χ1v) is 7.55. The van der Waals surface area contributed by atoms with Crippen molar-refractivity contribution in [3.63, 3.8) is 0 Å². The van der Waals surface area contributed by atoms with Gasteiger partial charge in [0, 0.05) is 19.3 Å². The van der Waals surface area contributed by atoms with Crippen LogP contribution in [0.15, 0.2) is 17.2 Å². The highest BCUT2D eigenvalue weighted by atomic mass is 35.5. The number of anilines is 1. The maximum absolute atomic E-state index is 12.4. The van der Waals surface area contributed by atoms with Crippen molar-refractivity contribution in [3.05, 3.63) is 17.3 Å². The Morgan fingerprint density at radius 2 is 1.94 bits per heavy atom. The third-order valence-electron chi connectivity index (χ3n) is 3.44. The summed E-state index contributed by atoms with van der Waals surface area (Å²) in [5.41, 5.74) is 5.48. The average Bonchev–Trinajstić information content (AvgIpc) is 2.64. The summed E-state index contributed by atoms with van der Waals surface area (Å²) in [5.74, 6) is 0.854. The summed E-state index contributed by atoms with van der Waals surface area (Å²) >= 11 is 5.81. The van der Waals surface area contributed by atoms with Crippen LogP contribution < -0.4 is 5.73 Å². The van der Waals surface area contributed by atoms with Gasteiger partial charge in [-0.05, 0) is 17.9 Å². The average molecular weight is 290 g/mol. The first kappa shape index (κ1) is 13.6. The van der Waals surface area contributed by atoms with Gasteiger partial charge < -0.3 is 5.73 Å². The SMILES string of the molecule is CC1CN(S(=O)(=O)c2cnc(N)c(Cl)c2)CC1C. The van der Waals surface area contributed by atoms with Crippen LogP contribution in [0.3, 0.4) is 0 Å². The molecule has 100 valence electrons. The lowest BCUT2D eigenvalue weighted by Gasteiger charge is -2.16. The summed E-state index contributed by atoms with van der Waals surface area (Å²) in [5, 5.41) is 0.163. The summed E-state index contributed by atoms with van der Waals surface area (Å²) in [6, 6.07) is 1.35. The van der Waals surface area contributed by atoms with Gasteiger partial charge in [0.05, 0.1) is 5.02 Å². The Morgan fingerprint density at radius 1 is 1.39 bits per heavy atom. The van der Waals surface area contributed by atoms with Crippen LogP contribution in [0.2, 0.25) is 5.02 Å². The van der Waals surface area contributed by atoms with Crippen molar-refractivity contribution in [1.82, 2.24) is 9.29 Å². The maximum Gasteiger partial charge on any atom is 0.244 e. The monoisotopic (exact) mass is 289 g/mol. The quantitative estimate of drug-likeness (QED) is 0.897. The van der Waals surface area contributed by atoms with E-state index in [9.17, 15) is 8.42 Å². The molecular weight excluding hydrogens is 274 g/mol. The molecule has 0 amide bonds. The molecule has 0 aromatic carbocycles. The van der Waals surface area contributed by atoms with Crippen molar-refractivity contribution in [2.24, 2.45) is 11.8 Å². The van der Waals surface area contributed by atoms with E-state index in [1.807, 2.05) is 13.8 Å². The van der Waals surface area contributed by atoms with Gasteiger partial charge in [-0.2, -0.15) is 4.31 Å². The van der Waals surface area contributed by atoms with E-state index in [0.29, 0.717) is 24.9 Å². The molecule has 2 N–H and O–H groups in total. The van der Waals surface area contributed by atoms with E-state index in [4.69, 9.17) is 17.3 Å². The molecule has 0 aliphatic carbocycles. The summed E-state index contributed by atoms with van der Waals surface area (Å²) in [7, 11) is -3.51. The van der Waals surface area contributed by atoms with Crippen LogP contribution in [-0.2, 0) is 10.0 Å². The number of pyridine rings is 1. The summed E-state index contributed by atoms with van der Waals surface area (Å²) in [6.45, 7) is 5.17. The van der Waals surface area contributed by atoms with E-state index >= 15 is 0 Å². The zero-order valence-corrected chi connectivity index (χ0v) is 11.9. The zero-order valence-electron chi connectivity index (χ0n) is 10.3. The van der Waals surface area contributed by atoms with Crippen molar-refractivity contribution in [3.8, 4) is 0 Å². The van der Waals surface area contributed by atoms with Crippen molar-refractivity contribution in [2.75, 3.05) is 18.8 Å². The van der Waals surface area contributed by atoms with E-state index in [1.165, 1.54) is 16.6 Å². The number of nitrogen functional groups attached to an aromatic ring is 1. The Kier molecular flexibility index (Phi) is 3.53. The fraction of sp³-hybridized carbons (Fsp3) is 0.545. The molecule has 1 aliphatic heterocycles. The van der Waals surface area contributed by atoms with Gasteiger partial charge in [-0.3, -0.25) is 0 Å². The van der Waals surface area contributed by atoms with Crippen molar-refractivity contribution < 1.29 is 8.42 Å². The minimum absolute atomic E-state index is 0.100. The molecule has 0 spiro atoms. The fourth-order valence-electron chi connectivity index (χ4n) is 1.99. The van der Waals surface area contributed by atoms with Crippen LogP contribution in [0.25, 0.3) is 0 Å².